The van der Waals surface area contributed by atoms with Crippen molar-refractivity contribution in [1.29, 1.82) is 5.26 Å². The molecular formula is C23H23N7OS. The standard InChI is InChI=1S/C23H23N7OS/c1-14-12-31-7-6-30(14)23-20-19(16(13-32-20)11-29-9-15(8-24)10-29)27-22(28-23)18-3-5-26-21-17(18)2-4-25-21/h2-5,13-15H,6-7,9-12H2,1H3,(H,25,26)/t14-/m1/s1. The van der Waals surface area contributed by atoms with E-state index in [1.54, 1.807) is 17.5 Å². The van der Waals surface area contributed by atoms with Gasteiger partial charge in [-0.15, -0.1) is 11.3 Å². The van der Waals surface area contributed by atoms with Crippen molar-refractivity contribution in [3.8, 4) is 17.5 Å². The molecule has 162 valence electrons. The van der Waals surface area contributed by atoms with Crippen LogP contribution < -0.4 is 4.90 Å². The normalized spacial score (nSPS) is 20.0. The van der Waals surface area contributed by atoms with Crippen molar-refractivity contribution < 1.29 is 4.74 Å². The van der Waals surface area contributed by atoms with Gasteiger partial charge in [-0.1, -0.05) is 0 Å². The predicted molar refractivity (Wildman–Crippen MR) is 125 cm³/mol. The van der Waals surface area contributed by atoms with E-state index >= 15 is 0 Å². The van der Waals surface area contributed by atoms with Gasteiger partial charge in [0.05, 0.1) is 41.5 Å². The number of rotatable bonds is 4. The molecule has 0 aliphatic carbocycles. The number of nitriles is 1. The number of aromatic nitrogens is 4. The number of hydrogen-bond donors (Lipinski definition) is 1. The highest BCUT2D eigenvalue weighted by Crippen LogP contribution is 2.37. The van der Waals surface area contributed by atoms with E-state index < -0.39 is 0 Å². The second-order valence-electron chi connectivity index (χ2n) is 8.55. The molecule has 2 fully saturated rings. The van der Waals surface area contributed by atoms with Gasteiger partial charge in [0.15, 0.2) is 11.6 Å². The second-order valence-corrected chi connectivity index (χ2v) is 9.43. The van der Waals surface area contributed by atoms with Gasteiger partial charge in [0.1, 0.15) is 5.65 Å². The van der Waals surface area contributed by atoms with E-state index in [4.69, 9.17) is 20.0 Å². The molecule has 0 aromatic carbocycles. The number of nitrogens with one attached hydrogen (secondary N) is 1. The maximum absolute atomic E-state index is 9.12. The number of pyridine rings is 1. The van der Waals surface area contributed by atoms with E-state index in [2.05, 4.69) is 38.1 Å². The first-order valence-corrected chi connectivity index (χ1v) is 11.8. The molecule has 4 aromatic rings. The van der Waals surface area contributed by atoms with Gasteiger partial charge < -0.3 is 14.6 Å². The number of H-pyrrole nitrogens is 1. The minimum atomic E-state index is 0.147. The van der Waals surface area contributed by atoms with Gasteiger partial charge in [0.2, 0.25) is 0 Å². The fourth-order valence-electron chi connectivity index (χ4n) is 4.60. The summed E-state index contributed by atoms with van der Waals surface area (Å²) in [6, 6.07) is 6.62. The lowest BCUT2D eigenvalue weighted by Gasteiger charge is -2.35. The Kier molecular flexibility index (Phi) is 4.79. The predicted octanol–water partition coefficient (Wildman–Crippen LogP) is 3.42. The highest BCUT2D eigenvalue weighted by Gasteiger charge is 2.29. The molecule has 0 bridgehead atoms. The zero-order valence-corrected chi connectivity index (χ0v) is 18.6. The van der Waals surface area contributed by atoms with Gasteiger partial charge in [-0.25, -0.2) is 15.0 Å². The average Bonchev–Trinajstić information content (AvgIpc) is 3.42. The number of hydrogen-bond acceptors (Lipinski definition) is 8. The molecule has 1 atom stereocenters. The Morgan fingerprint density at radius 1 is 1.31 bits per heavy atom. The van der Waals surface area contributed by atoms with E-state index in [1.165, 1.54) is 5.56 Å². The third-order valence-electron chi connectivity index (χ3n) is 6.35. The van der Waals surface area contributed by atoms with Crippen LogP contribution in [0.4, 0.5) is 5.82 Å². The van der Waals surface area contributed by atoms with Gasteiger partial charge in [0.25, 0.3) is 0 Å². The van der Waals surface area contributed by atoms with Crippen molar-refractivity contribution in [2.45, 2.75) is 19.5 Å². The minimum absolute atomic E-state index is 0.147. The lowest BCUT2D eigenvalue weighted by Crippen LogP contribution is -2.45. The summed E-state index contributed by atoms with van der Waals surface area (Å²) in [6.07, 6.45) is 3.70. The van der Waals surface area contributed by atoms with Gasteiger partial charge in [-0.05, 0) is 24.4 Å². The molecule has 0 unspecified atom stereocenters. The van der Waals surface area contributed by atoms with Crippen LogP contribution in [0.15, 0.2) is 29.9 Å². The second kappa shape index (κ2) is 7.81. The Balaban J connectivity index is 1.49. The molecule has 2 aliphatic heterocycles. The molecule has 0 saturated carbocycles. The van der Waals surface area contributed by atoms with Crippen molar-refractivity contribution in [3.63, 3.8) is 0 Å². The number of ether oxygens (including phenoxy) is 1. The van der Waals surface area contributed by atoms with Crippen molar-refractivity contribution >= 4 is 38.4 Å². The van der Waals surface area contributed by atoms with Crippen molar-refractivity contribution in [2.75, 3.05) is 37.7 Å². The first-order valence-electron chi connectivity index (χ1n) is 10.9. The fraction of sp³-hybridized carbons (Fsp3) is 0.391. The largest absolute Gasteiger partial charge is 0.377 e. The van der Waals surface area contributed by atoms with Crippen LogP contribution in [0.5, 0.6) is 0 Å². The summed E-state index contributed by atoms with van der Waals surface area (Å²) in [6.45, 7) is 6.85. The summed E-state index contributed by atoms with van der Waals surface area (Å²) in [5.41, 5.74) is 4.02. The first kappa shape index (κ1) is 19.6. The van der Waals surface area contributed by atoms with E-state index in [0.717, 1.165) is 64.6 Å². The summed E-state index contributed by atoms with van der Waals surface area (Å²) in [5.74, 6) is 1.85. The molecule has 2 saturated heterocycles. The maximum atomic E-state index is 9.12. The summed E-state index contributed by atoms with van der Waals surface area (Å²) in [4.78, 5) is 22.4. The average molecular weight is 446 g/mol. The van der Waals surface area contributed by atoms with Gasteiger partial charge in [0, 0.05) is 55.1 Å². The van der Waals surface area contributed by atoms with Crippen LogP contribution in [0.3, 0.4) is 0 Å². The van der Waals surface area contributed by atoms with E-state index in [1.807, 2.05) is 18.3 Å². The number of nitrogens with zero attached hydrogens (tertiary/aromatic N) is 6. The van der Waals surface area contributed by atoms with Crippen LogP contribution >= 0.6 is 11.3 Å². The fourth-order valence-corrected chi connectivity index (χ4v) is 5.60. The SMILES string of the molecule is C[C@@H]1COCCN1c1nc(-c2ccnc3[nH]ccc23)nc2c(CN3CC(C#N)C3)csc12. The molecule has 0 radical (unpaired) electrons. The van der Waals surface area contributed by atoms with Crippen molar-refractivity contribution in [2.24, 2.45) is 5.92 Å². The molecule has 8 nitrogen and oxygen atoms in total. The Labute approximate surface area is 189 Å². The summed E-state index contributed by atoms with van der Waals surface area (Å²) < 4.78 is 6.80. The Bertz CT molecular complexity index is 1330. The molecule has 0 spiro atoms. The molecule has 9 heteroatoms. The Hall–Kier alpha value is -3.06. The number of anilines is 1. The monoisotopic (exact) mass is 445 g/mol. The summed E-state index contributed by atoms with van der Waals surface area (Å²) in [7, 11) is 0. The highest BCUT2D eigenvalue weighted by molar-refractivity contribution is 7.18. The lowest BCUT2D eigenvalue weighted by atomic mass is 10.0. The first-order chi connectivity index (χ1) is 15.7. The van der Waals surface area contributed by atoms with E-state index in [0.29, 0.717) is 13.2 Å². The molecule has 2 aliphatic rings. The number of fused-ring (bicyclic) bond motifs is 2. The quantitative estimate of drug-likeness (QED) is 0.514. The van der Waals surface area contributed by atoms with E-state index in [-0.39, 0.29) is 12.0 Å². The molecule has 32 heavy (non-hydrogen) atoms. The molecular weight excluding hydrogens is 422 g/mol. The number of likely N-dealkylation sites (tertiary alicyclic amines) is 1. The van der Waals surface area contributed by atoms with Gasteiger partial charge in [-0.2, -0.15) is 5.26 Å². The van der Waals surface area contributed by atoms with Crippen LogP contribution in [-0.4, -0.2) is 63.7 Å². The van der Waals surface area contributed by atoms with Gasteiger partial charge >= 0.3 is 0 Å². The molecule has 0 amide bonds. The van der Waals surface area contributed by atoms with E-state index in [9.17, 15) is 0 Å². The zero-order chi connectivity index (χ0) is 21.7. The third-order valence-corrected chi connectivity index (χ3v) is 7.36. The van der Waals surface area contributed by atoms with Crippen LogP contribution in [0.1, 0.15) is 12.5 Å². The maximum Gasteiger partial charge on any atom is 0.163 e. The van der Waals surface area contributed by atoms with Crippen molar-refractivity contribution in [3.05, 3.63) is 35.5 Å². The molecule has 1 N–H and O–H groups in total. The van der Waals surface area contributed by atoms with Crippen molar-refractivity contribution in [1.82, 2.24) is 24.8 Å². The summed E-state index contributed by atoms with van der Waals surface area (Å²) in [5, 5.41) is 12.3. The number of morpholine rings is 1. The lowest BCUT2D eigenvalue weighted by molar-refractivity contribution is 0.0987. The Morgan fingerprint density at radius 3 is 3.06 bits per heavy atom. The number of aromatic amines is 1. The minimum Gasteiger partial charge on any atom is -0.377 e. The number of thiophene rings is 1. The zero-order valence-electron chi connectivity index (χ0n) is 17.8. The Morgan fingerprint density at radius 2 is 2.22 bits per heavy atom. The smallest absolute Gasteiger partial charge is 0.163 e. The van der Waals surface area contributed by atoms with Crippen LogP contribution in [0.25, 0.3) is 32.6 Å². The third kappa shape index (κ3) is 3.23. The molecule has 4 aromatic heterocycles. The molecule has 6 rings (SSSR count). The highest BCUT2D eigenvalue weighted by atomic mass is 32.1. The summed E-state index contributed by atoms with van der Waals surface area (Å²) >= 11 is 1.71. The van der Waals surface area contributed by atoms with Gasteiger partial charge in [-0.3, -0.25) is 4.90 Å². The topological polar surface area (TPSA) is 94.0 Å². The van der Waals surface area contributed by atoms with Crippen LogP contribution in [0.2, 0.25) is 0 Å². The molecule has 6 heterocycles. The van der Waals surface area contributed by atoms with Crippen LogP contribution in [0, 0.1) is 17.2 Å². The van der Waals surface area contributed by atoms with Crippen LogP contribution in [-0.2, 0) is 11.3 Å².